The summed E-state index contributed by atoms with van der Waals surface area (Å²) in [4.78, 5) is 4.90. The minimum Gasteiger partial charge on any atom is -0.266 e. The standard InChI is InChI=1S/C20H21N7S/c1-10-6-16(25-27-11(2)22-23-19(10)27)18-8-15(24-26(18)3)13-7-14(13)20-21-17(9-28-20)12-4-5-12/h6,8-9,12-14H,4-5,7H2,1-3H3. The van der Waals surface area contributed by atoms with Gasteiger partial charge in [-0.05, 0) is 50.8 Å². The number of aryl methyl sites for hydroxylation is 3. The second kappa shape index (κ2) is 5.70. The van der Waals surface area contributed by atoms with Gasteiger partial charge in [-0.15, -0.1) is 21.5 Å². The molecule has 4 aromatic rings. The van der Waals surface area contributed by atoms with E-state index in [0.29, 0.717) is 11.8 Å². The summed E-state index contributed by atoms with van der Waals surface area (Å²) < 4.78 is 3.75. The third-order valence-corrected chi connectivity index (χ3v) is 6.89. The van der Waals surface area contributed by atoms with Crippen LogP contribution in [0.4, 0.5) is 0 Å². The lowest BCUT2D eigenvalue weighted by Gasteiger charge is -2.04. The third kappa shape index (κ3) is 2.51. The van der Waals surface area contributed by atoms with Crippen molar-refractivity contribution >= 4 is 17.0 Å². The fraction of sp³-hybridized carbons (Fsp3) is 0.450. The van der Waals surface area contributed by atoms with Crippen molar-refractivity contribution in [3.8, 4) is 11.4 Å². The van der Waals surface area contributed by atoms with E-state index < -0.39 is 0 Å². The van der Waals surface area contributed by atoms with Crippen LogP contribution < -0.4 is 0 Å². The Bertz CT molecular complexity index is 1210. The molecule has 2 atom stereocenters. The molecule has 4 heterocycles. The van der Waals surface area contributed by atoms with E-state index in [1.165, 1.54) is 23.5 Å². The lowest BCUT2D eigenvalue weighted by atomic mass is 10.2. The van der Waals surface area contributed by atoms with Gasteiger partial charge in [-0.1, -0.05) is 0 Å². The van der Waals surface area contributed by atoms with Crippen molar-refractivity contribution in [3.05, 3.63) is 45.3 Å². The van der Waals surface area contributed by atoms with Gasteiger partial charge in [0.25, 0.3) is 0 Å². The van der Waals surface area contributed by atoms with Crippen LogP contribution in [0.15, 0.2) is 17.5 Å². The predicted octanol–water partition coefficient (Wildman–Crippen LogP) is 3.75. The van der Waals surface area contributed by atoms with E-state index in [2.05, 4.69) is 27.7 Å². The van der Waals surface area contributed by atoms with E-state index in [0.717, 1.165) is 46.5 Å². The van der Waals surface area contributed by atoms with E-state index in [1.54, 1.807) is 0 Å². The molecule has 142 valence electrons. The largest absolute Gasteiger partial charge is 0.266 e. The molecule has 8 heteroatoms. The number of hydrogen-bond acceptors (Lipinski definition) is 6. The molecule has 0 aromatic carbocycles. The van der Waals surface area contributed by atoms with Gasteiger partial charge < -0.3 is 0 Å². The summed E-state index contributed by atoms with van der Waals surface area (Å²) in [6.07, 6.45) is 3.76. The summed E-state index contributed by atoms with van der Waals surface area (Å²) >= 11 is 1.82. The van der Waals surface area contributed by atoms with Crippen molar-refractivity contribution in [1.82, 2.24) is 34.6 Å². The quantitative estimate of drug-likeness (QED) is 0.530. The first kappa shape index (κ1) is 16.4. The first-order chi connectivity index (χ1) is 13.6. The van der Waals surface area contributed by atoms with E-state index in [9.17, 15) is 0 Å². The van der Waals surface area contributed by atoms with Crippen molar-refractivity contribution < 1.29 is 0 Å². The lowest BCUT2D eigenvalue weighted by Crippen LogP contribution is -2.02. The fourth-order valence-corrected chi connectivity index (χ4v) is 5.08. The highest BCUT2D eigenvalue weighted by Crippen LogP contribution is 2.56. The van der Waals surface area contributed by atoms with E-state index in [4.69, 9.17) is 15.2 Å². The van der Waals surface area contributed by atoms with Crippen LogP contribution in [-0.2, 0) is 7.05 Å². The Labute approximate surface area is 166 Å². The molecule has 0 spiro atoms. The molecule has 2 unspecified atom stereocenters. The molecule has 2 saturated carbocycles. The highest BCUT2D eigenvalue weighted by molar-refractivity contribution is 7.09. The first-order valence-corrected chi connectivity index (χ1v) is 10.7. The summed E-state index contributed by atoms with van der Waals surface area (Å²) in [6.45, 7) is 3.96. The summed E-state index contributed by atoms with van der Waals surface area (Å²) in [5.41, 5.74) is 6.25. The molecule has 0 bridgehead atoms. The highest BCUT2D eigenvalue weighted by Gasteiger charge is 2.44. The topological polar surface area (TPSA) is 73.8 Å². The Balaban J connectivity index is 1.31. The average Bonchev–Trinajstić information content (AvgIpc) is 3.56. The van der Waals surface area contributed by atoms with Crippen LogP contribution in [-0.4, -0.2) is 34.6 Å². The molecular weight excluding hydrogens is 370 g/mol. The Morgan fingerprint density at radius 1 is 1.04 bits per heavy atom. The van der Waals surface area contributed by atoms with Gasteiger partial charge in [-0.2, -0.15) is 14.7 Å². The number of rotatable bonds is 4. The highest BCUT2D eigenvalue weighted by atomic mass is 32.1. The molecule has 0 radical (unpaired) electrons. The summed E-state index contributed by atoms with van der Waals surface area (Å²) in [5.74, 6) is 2.52. The number of fused-ring (bicyclic) bond motifs is 1. The number of hydrogen-bond donors (Lipinski definition) is 0. The SMILES string of the molecule is Cc1cc(-c2cc(C3CC3c3nc(C4CC4)cs3)nn2C)nn2c(C)nnc12. The summed E-state index contributed by atoms with van der Waals surface area (Å²) in [7, 11) is 1.99. The van der Waals surface area contributed by atoms with Gasteiger partial charge in [0.2, 0.25) is 0 Å². The minimum atomic E-state index is 0.472. The molecule has 4 aromatic heterocycles. The van der Waals surface area contributed by atoms with Gasteiger partial charge in [0.1, 0.15) is 5.69 Å². The first-order valence-electron chi connectivity index (χ1n) is 9.78. The Morgan fingerprint density at radius 2 is 1.89 bits per heavy atom. The van der Waals surface area contributed by atoms with Crippen molar-refractivity contribution in [1.29, 1.82) is 0 Å². The lowest BCUT2D eigenvalue weighted by molar-refractivity contribution is 0.741. The van der Waals surface area contributed by atoms with Crippen LogP contribution in [0.2, 0.25) is 0 Å². The third-order valence-electron chi connectivity index (χ3n) is 5.89. The molecule has 7 nitrogen and oxygen atoms in total. The monoisotopic (exact) mass is 391 g/mol. The van der Waals surface area contributed by atoms with Gasteiger partial charge in [0.15, 0.2) is 11.5 Å². The van der Waals surface area contributed by atoms with Gasteiger partial charge in [-0.25, -0.2) is 4.98 Å². The molecule has 2 fully saturated rings. The minimum absolute atomic E-state index is 0.472. The summed E-state index contributed by atoms with van der Waals surface area (Å²) in [5, 5.41) is 21.4. The van der Waals surface area contributed by atoms with Gasteiger partial charge >= 0.3 is 0 Å². The van der Waals surface area contributed by atoms with Gasteiger partial charge in [0, 0.05) is 30.2 Å². The molecule has 28 heavy (non-hydrogen) atoms. The van der Waals surface area contributed by atoms with E-state index in [-0.39, 0.29) is 0 Å². The Morgan fingerprint density at radius 3 is 2.71 bits per heavy atom. The zero-order chi connectivity index (χ0) is 19.0. The zero-order valence-corrected chi connectivity index (χ0v) is 16.9. The van der Waals surface area contributed by atoms with Gasteiger partial charge in [0.05, 0.1) is 22.1 Å². The summed E-state index contributed by atoms with van der Waals surface area (Å²) in [6, 6.07) is 4.25. The van der Waals surface area contributed by atoms with Crippen LogP contribution in [0.5, 0.6) is 0 Å². The molecule has 0 amide bonds. The van der Waals surface area contributed by atoms with E-state index >= 15 is 0 Å². The Kier molecular flexibility index (Phi) is 3.33. The molecular formula is C20H21N7S. The maximum atomic E-state index is 4.90. The predicted molar refractivity (Wildman–Crippen MR) is 107 cm³/mol. The zero-order valence-electron chi connectivity index (χ0n) is 16.1. The van der Waals surface area contributed by atoms with Crippen LogP contribution in [0, 0.1) is 13.8 Å². The molecule has 6 rings (SSSR count). The van der Waals surface area contributed by atoms with E-state index in [1.807, 2.05) is 41.4 Å². The molecule has 2 aliphatic carbocycles. The van der Waals surface area contributed by atoms with Crippen LogP contribution >= 0.6 is 11.3 Å². The molecule has 0 saturated heterocycles. The van der Waals surface area contributed by atoms with Crippen molar-refractivity contribution in [2.24, 2.45) is 7.05 Å². The maximum absolute atomic E-state index is 4.90. The number of aromatic nitrogens is 7. The second-order valence-electron chi connectivity index (χ2n) is 8.11. The number of thiazole rings is 1. The van der Waals surface area contributed by atoms with Crippen LogP contribution in [0.25, 0.3) is 17.0 Å². The van der Waals surface area contributed by atoms with Crippen molar-refractivity contribution in [3.63, 3.8) is 0 Å². The molecule has 2 aliphatic rings. The Hall–Kier alpha value is -2.61. The molecule has 0 aliphatic heterocycles. The van der Waals surface area contributed by atoms with Gasteiger partial charge in [-0.3, -0.25) is 4.68 Å². The molecule has 0 N–H and O–H groups in total. The van der Waals surface area contributed by atoms with Crippen molar-refractivity contribution in [2.75, 3.05) is 0 Å². The second-order valence-corrected chi connectivity index (χ2v) is 9.00. The fourth-order valence-electron chi connectivity index (χ4n) is 4.00. The maximum Gasteiger partial charge on any atom is 0.180 e. The average molecular weight is 392 g/mol. The number of nitrogens with zero attached hydrogens (tertiary/aromatic N) is 7. The smallest absolute Gasteiger partial charge is 0.180 e. The van der Waals surface area contributed by atoms with Crippen LogP contribution in [0.1, 0.15) is 64.8 Å². The van der Waals surface area contributed by atoms with Crippen LogP contribution in [0.3, 0.4) is 0 Å². The van der Waals surface area contributed by atoms with Crippen molar-refractivity contribution in [2.45, 2.75) is 50.9 Å². The normalized spacial score (nSPS) is 21.5.